The maximum Gasteiger partial charge on any atom is 0.262 e. The summed E-state index contributed by atoms with van der Waals surface area (Å²) < 4.78 is 33.5. The number of sulfonamides is 1. The fraction of sp³-hybridized carbons (Fsp3) is 0.364. The number of benzene rings is 2. The minimum absolute atomic E-state index is 0.0839. The number of rotatable bonds is 5. The monoisotopic (exact) mass is 443 g/mol. The van der Waals surface area contributed by atoms with E-state index in [1.807, 2.05) is 31.2 Å². The highest BCUT2D eigenvalue weighted by atomic mass is 32.2. The molecule has 2 amide bonds. The lowest BCUT2D eigenvalue weighted by atomic mass is 10.1. The van der Waals surface area contributed by atoms with Crippen molar-refractivity contribution in [2.75, 3.05) is 18.5 Å². The molecule has 0 unspecified atom stereocenters. The SMILES string of the molecule is Cc1ccc(CNC(=O)[C@H]2CCCN2S(=O)(=O)c2cc3c(cc2C)NC(=O)CO3)cc1. The van der Waals surface area contributed by atoms with E-state index in [1.54, 1.807) is 13.0 Å². The number of aryl methyl sites for hydroxylation is 2. The van der Waals surface area contributed by atoms with Crippen molar-refractivity contribution >= 4 is 27.5 Å². The molecule has 0 aliphatic carbocycles. The van der Waals surface area contributed by atoms with Crippen LogP contribution in [-0.2, 0) is 26.2 Å². The van der Waals surface area contributed by atoms with E-state index in [4.69, 9.17) is 4.74 Å². The van der Waals surface area contributed by atoms with Gasteiger partial charge in [0, 0.05) is 19.2 Å². The normalized spacial score (nSPS) is 18.8. The third-order valence-electron chi connectivity index (χ3n) is 5.59. The van der Waals surface area contributed by atoms with Gasteiger partial charge in [-0.2, -0.15) is 4.31 Å². The molecule has 0 spiro atoms. The fourth-order valence-corrected chi connectivity index (χ4v) is 5.80. The van der Waals surface area contributed by atoms with Crippen molar-refractivity contribution in [3.8, 4) is 5.75 Å². The predicted molar refractivity (Wildman–Crippen MR) is 115 cm³/mol. The van der Waals surface area contributed by atoms with Crippen LogP contribution in [0.2, 0.25) is 0 Å². The molecule has 0 aromatic heterocycles. The van der Waals surface area contributed by atoms with Gasteiger partial charge in [0.15, 0.2) is 6.61 Å². The average molecular weight is 444 g/mol. The summed E-state index contributed by atoms with van der Waals surface area (Å²) in [5, 5.41) is 5.54. The second-order valence-corrected chi connectivity index (χ2v) is 9.79. The Morgan fingerprint density at radius 3 is 2.71 bits per heavy atom. The molecule has 2 N–H and O–H groups in total. The van der Waals surface area contributed by atoms with Crippen molar-refractivity contribution in [3.05, 3.63) is 53.1 Å². The Labute approximate surface area is 181 Å². The number of anilines is 1. The zero-order valence-corrected chi connectivity index (χ0v) is 18.3. The molecule has 2 heterocycles. The molecule has 2 aliphatic rings. The van der Waals surface area contributed by atoms with Crippen LogP contribution >= 0.6 is 0 Å². The molecule has 1 atom stereocenters. The van der Waals surface area contributed by atoms with Crippen molar-refractivity contribution in [2.45, 2.75) is 44.2 Å². The number of carbonyl (C=O) groups is 2. The molecule has 0 saturated carbocycles. The lowest BCUT2D eigenvalue weighted by Crippen LogP contribution is -2.45. The number of hydrogen-bond acceptors (Lipinski definition) is 5. The second-order valence-electron chi connectivity index (χ2n) is 7.93. The molecular formula is C22H25N3O5S. The maximum absolute atomic E-state index is 13.4. The Kier molecular flexibility index (Phi) is 5.72. The summed E-state index contributed by atoms with van der Waals surface area (Å²) in [6.07, 6.45) is 1.08. The number of hydrogen-bond donors (Lipinski definition) is 2. The maximum atomic E-state index is 13.4. The number of nitrogens with zero attached hydrogens (tertiary/aromatic N) is 1. The van der Waals surface area contributed by atoms with Crippen molar-refractivity contribution < 1.29 is 22.7 Å². The van der Waals surface area contributed by atoms with Crippen LogP contribution in [0.3, 0.4) is 0 Å². The Balaban J connectivity index is 1.54. The summed E-state index contributed by atoms with van der Waals surface area (Å²) in [6, 6.07) is 10.1. The lowest BCUT2D eigenvalue weighted by molar-refractivity contribution is -0.124. The van der Waals surface area contributed by atoms with Gasteiger partial charge >= 0.3 is 0 Å². The van der Waals surface area contributed by atoms with E-state index in [-0.39, 0.29) is 29.9 Å². The number of ether oxygens (including phenoxy) is 1. The molecule has 0 radical (unpaired) electrons. The second kappa shape index (κ2) is 8.32. The van der Waals surface area contributed by atoms with Gasteiger partial charge in [0.2, 0.25) is 15.9 Å². The topological polar surface area (TPSA) is 105 Å². The summed E-state index contributed by atoms with van der Waals surface area (Å²) in [5.41, 5.74) is 3.01. The molecule has 2 aromatic rings. The van der Waals surface area contributed by atoms with Crippen LogP contribution in [-0.4, -0.2) is 43.7 Å². The highest BCUT2D eigenvalue weighted by molar-refractivity contribution is 7.89. The summed E-state index contributed by atoms with van der Waals surface area (Å²) in [4.78, 5) is 24.4. The van der Waals surface area contributed by atoms with Gasteiger partial charge < -0.3 is 15.4 Å². The number of fused-ring (bicyclic) bond motifs is 1. The Morgan fingerprint density at radius 2 is 1.97 bits per heavy atom. The summed E-state index contributed by atoms with van der Waals surface area (Å²) in [6.45, 7) is 4.11. The Morgan fingerprint density at radius 1 is 1.23 bits per heavy atom. The van der Waals surface area contributed by atoms with E-state index in [9.17, 15) is 18.0 Å². The van der Waals surface area contributed by atoms with Gasteiger partial charge in [-0.05, 0) is 43.9 Å². The summed E-state index contributed by atoms with van der Waals surface area (Å²) in [5.74, 6) is -0.281. The van der Waals surface area contributed by atoms with Crippen LogP contribution in [0.25, 0.3) is 0 Å². The highest BCUT2D eigenvalue weighted by Crippen LogP contribution is 2.36. The van der Waals surface area contributed by atoms with Gasteiger partial charge in [0.05, 0.1) is 10.6 Å². The van der Waals surface area contributed by atoms with Crippen LogP contribution in [0.15, 0.2) is 41.3 Å². The molecule has 4 rings (SSSR count). The molecule has 164 valence electrons. The van der Waals surface area contributed by atoms with Gasteiger partial charge in [0.25, 0.3) is 5.91 Å². The Hall–Kier alpha value is -2.91. The van der Waals surface area contributed by atoms with E-state index < -0.39 is 16.1 Å². The first-order chi connectivity index (χ1) is 14.8. The molecular weight excluding hydrogens is 418 g/mol. The predicted octanol–water partition coefficient (Wildman–Crippen LogP) is 2.10. The van der Waals surface area contributed by atoms with Crippen LogP contribution in [0, 0.1) is 13.8 Å². The van der Waals surface area contributed by atoms with E-state index in [0.29, 0.717) is 36.4 Å². The molecule has 8 nitrogen and oxygen atoms in total. The number of carbonyl (C=O) groups excluding carboxylic acids is 2. The highest BCUT2D eigenvalue weighted by Gasteiger charge is 2.40. The first-order valence-corrected chi connectivity index (χ1v) is 11.6. The molecule has 1 saturated heterocycles. The van der Waals surface area contributed by atoms with E-state index >= 15 is 0 Å². The molecule has 9 heteroatoms. The standard InChI is InChI=1S/C22H25N3O5S/c1-14-5-7-16(8-6-14)12-23-22(27)18-4-3-9-25(18)31(28,29)20-11-19-17(10-15(20)2)24-21(26)13-30-19/h5-8,10-11,18H,3-4,9,12-13H2,1-2H3,(H,23,27)(H,24,26)/t18-/m1/s1. The average Bonchev–Trinajstić information content (AvgIpc) is 3.23. The molecule has 0 bridgehead atoms. The van der Waals surface area contributed by atoms with Crippen molar-refractivity contribution in [1.82, 2.24) is 9.62 Å². The first-order valence-electron chi connectivity index (χ1n) is 10.2. The minimum atomic E-state index is -3.92. The van der Waals surface area contributed by atoms with E-state index in [2.05, 4.69) is 10.6 Å². The summed E-state index contributed by atoms with van der Waals surface area (Å²) in [7, 11) is -3.92. The van der Waals surface area contributed by atoms with Crippen LogP contribution in [0.5, 0.6) is 5.75 Å². The van der Waals surface area contributed by atoms with Gasteiger partial charge in [-0.15, -0.1) is 0 Å². The van der Waals surface area contributed by atoms with Gasteiger partial charge in [-0.25, -0.2) is 8.42 Å². The van der Waals surface area contributed by atoms with Gasteiger partial charge in [0.1, 0.15) is 11.8 Å². The van der Waals surface area contributed by atoms with Crippen LogP contribution in [0.4, 0.5) is 5.69 Å². The van der Waals surface area contributed by atoms with Crippen molar-refractivity contribution in [1.29, 1.82) is 0 Å². The molecule has 31 heavy (non-hydrogen) atoms. The van der Waals surface area contributed by atoms with E-state index in [0.717, 1.165) is 11.1 Å². The quantitative estimate of drug-likeness (QED) is 0.736. The van der Waals surface area contributed by atoms with Crippen LogP contribution < -0.4 is 15.4 Å². The third-order valence-corrected chi connectivity index (χ3v) is 7.64. The minimum Gasteiger partial charge on any atom is -0.482 e. The Bertz CT molecular complexity index is 1130. The number of nitrogens with one attached hydrogen (secondary N) is 2. The lowest BCUT2D eigenvalue weighted by Gasteiger charge is -2.26. The van der Waals surface area contributed by atoms with Gasteiger partial charge in [-0.3, -0.25) is 9.59 Å². The van der Waals surface area contributed by atoms with Gasteiger partial charge in [-0.1, -0.05) is 29.8 Å². The largest absolute Gasteiger partial charge is 0.482 e. The first kappa shape index (κ1) is 21.3. The third kappa shape index (κ3) is 4.28. The van der Waals surface area contributed by atoms with Crippen LogP contribution in [0.1, 0.15) is 29.5 Å². The van der Waals surface area contributed by atoms with Crippen molar-refractivity contribution in [3.63, 3.8) is 0 Å². The smallest absolute Gasteiger partial charge is 0.262 e. The molecule has 1 fully saturated rings. The zero-order valence-electron chi connectivity index (χ0n) is 17.5. The zero-order chi connectivity index (χ0) is 22.2. The fourth-order valence-electron chi connectivity index (χ4n) is 3.92. The molecule has 2 aliphatic heterocycles. The molecule has 2 aromatic carbocycles. The number of amides is 2. The summed E-state index contributed by atoms with van der Waals surface area (Å²) >= 11 is 0. The van der Waals surface area contributed by atoms with Crippen molar-refractivity contribution in [2.24, 2.45) is 0 Å². The van der Waals surface area contributed by atoms with E-state index in [1.165, 1.54) is 10.4 Å².